The highest BCUT2D eigenvalue weighted by Crippen LogP contribution is 2.63. The van der Waals surface area contributed by atoms with Gasteiger partial charge in [-0.15, -0.1) is 0 Å². The smallest absolute Gasteiger partial charge is 0.116 e. The third-order valence-corrected chi connectivity index (χ3v) is 29.9. The lowest BCUT2D eigenvalue weighted by molar-refractivity contribution is 0.472. The Labute approximate surface area is 816 Å². The molecule has 140 heavy (non-hydrogen) atoms. The van der Waals surface area contributed by atoms with Crippen LogP contribution >= 0.6 is 0 Å². The maximum Gasteiger partial charge on any atom is 0.116 e. The maximum absolute atomic E-state index is 10.2. The summed E-state index contributed by atoms with van der Waals surface area (Å²) in [4.78, 5) is 0. The minimum atomic E-state index is -0.593. The van der Waals surface area contributed by atoms with Gasteiger partial charge in [-0.3, -0.25) is 0 Å². The first-order chi connectivity index (χ1) is 68.1. The van der Waals surface area contributed by atoms with Crippen molar-refractivity contribution in [3.63, 3.8) is 0 Å². The van der Waals surface area contributed by atoms with Crippen LogP contribution in [0.3, 0.4) is 0 Å². The molecule has 682 valence electrons. The number of rotatable bonds is 14. The summed E-state index contributed by atoms with van der Waals surface area (Å²) in [6.45, 7) is 13.1. The van der Waals surface area contributed by atoms with Crippen molar-refractivity contribution < 1.29 is 40.9 Å². The van der Waals surface area contributed by atoms with E-state index >= 15 is 0 Å². The zero-order chi connectivity index (χ0) is 96.0. The van der Waals surface area contributed by atoms with Crippen molar-refractivity contribution in [2.75, 3.05) is 0 Å². The lowest BCUT2D eigenvalue weighted by Crippen LogP contribution is -2.28. The molecular formula is C132H106O8. The predicted molar refractivity (Wildman–Crippen MR) is 572 cm³/mol. The molecule has 0 aliphatic heterocycles. The van der Waals surface area contributed by atoms with E-state index in [-0.39, 0.29) is 46.0 Å². The molecule has 8 heteroatoms. The fourth-order valence-electron chi connectivity index (χ4n) is 23.5. The van der Waals surface area contributed by atoms with E-state index in [1.165, 1.54) is 165 Å². The van der Waals surface area contributed by atoms with Crippen LogP contribution in [0.5, 0.6) is 46.0 Å². The Balaban J connectivity index is 0.000000109. The molecule has 0 atom stereocenters. The molecule has 0 amide bonds. The minimum Gasteiger partial charge on any atom is -0.508 e. The summed E-state index contributed by atoms with van der Waals surface area (Å²) in [5, 5.41) is 91.5. The van der Waals surface area contributed by atoms with Crippen LogP contribution in [-0.4, -0.2) is 40.9 Å². The Morgan fingerprint density at radius 2 is 0.386 bits per heavy atom. The van der Waals surface area contributed by atoms with Crippen LogP contribution in [-0.2, 0) is 34.5 Å². The first-order valence-electron chi connectivity index (χ1n) is 48.6. The molecule has 4 aliphatic carbocycles. The quantitative estimate of drug-likeness (QED) is 0.0534. The summed E-state index contributed by atoms with van der Waals surface area (Å²) in [5.74, 6) is 2.10. The van der Waals surface area contributed by atoms with Gasteiger partial charge >= 0.3 is 0 Å². The van der Waals surface area contributed by atoms with Crippen molar-refractivity contribution >= 4 is 53.9 Å². The van der Waals surface area contributed by atoms with Gasteiger partial charge in [0.25, 0.3) is 0 Å². The zero-order valence-corrected chi connectivity index (χ0v) is 79.1. The molecule has 0 unspecified atom stereocenters. The van der Waals surface area contributed by atoms with Crippen LogP contribution in [0.4, 0.5) is 0 Å². The van der Waals surface area contributed by atoms with Gasteiger partial charge in [-0.2, -0.15) is 0 Å². The minimum absolute atomic E-state index is 0.230. The molecule has 25 rings (SSSR count). The SMILES string of the molecule is CCCCc1ccc2c(c1)-c1cc(CCCC)ccc1C2(c1ccc2cc(O)ccc2c1)c1ccc2cc(O)ccc2c1.Cc1ccc2c(c1)-c1cc(C)ccc1C2(c1ccc(O)cc1)c1ccc2cc(O)ccc2c1.Cc1ccc2c(c1)-c1cc(C)ccc1C2(c1ccc2cc(O)ccc2c1)c1ccc2cc(O)ccc2c1.Oc1cccc(C2(c3cccc(O)c3)c3ccccc3-c3ccccc32)c1. The number of hydrogen-bond donors (Lipinski definition) is 8. The Kier molecular flexibility index (Phi) is 22.4. The van der Waals surface area contributed by atoms with Gasteiger partial charge in [0.15, 0.2) is 0 Å². The molecule has 0 fully saturated rings. The first kappa shape index (κ1) is 88.6. The van der Waals surface area contributed by atoms with E-state index in [1.807, 2.05) is 115 Å². The number of fused-ring (bicyclic) bond motifs is 17. The fourth-order valence-corrected chi connectivity index (χ4v) is 23.5. The second-order valence-electron chi connectivity index (χ2n) is 38.6. The van der Waals surface area contributed by atoms with E-state index in [0.29, 0.717) is 0 Å². The number of unbranched alkanes of at least 4 members (excludes halogenated alkanes) is 2. The summed E-state index contributed by atoms with van der Waals surface area (Å²) < 4.78 is 0. The van der Waals surface area contributed by atoms with E-state index in [0.717, 1.165) is 94.5 Å². The average molecular weight is 1820 g/mol. The molecule has 0 spiro atoms. The summed E-state index contributed by atoms with van der Waals surface area (Å²) in [7, 11) is 0. The molecule has 4 aliphatic rings. The third kappa shape index (κ3) is 14.9. The Morgan fingerprint density at radius 1 is 0.164 bits per heavy atom. The van der Waals surface area contributed by atoms with Crippen molar-refractivity contribution in [1.29, 1.82) is 0 Å². The van der Waals surface area contributed by atoms with E-state index in [2.05, 4.69) is 278 Å². The van der Waals surface area contributed by atoms with E-state index in [4.69, 9.17) is 0 Å². The van der Waals surface area contributed by atoms with Gasteiger partial charge in [0, 0.05) is 0 Å². The number of aromatic hydroxyl groups is 8. The molecular weight excluding hydrogens is 1710 g/mol. The van der Waals surface area contributed by atoms with Crippen molar-refractivity contribution in [2.45, 2.75) is 102 Å². The zero-order valence-electron chi connectivity index (χ0n) is 79.1. The number of benzene rings is 21. The molecule has 8 nitrogen and oxygen atoms in total. The van der Waals surface area contributed by atoms with Crippen molar-refractivity contribution in [3.8, 4) is 90.5 Å². The van der Waals surface area contributed by atoms with Crippen molar-refractivity contribution in [3.05, 3.63) is 535 Å². The average Bonchev–Trinajstić information content (AvgIpc) is 1.49. The summed E-state index contributed by atoms with van der Waals surface area (Å²) >= 11 is 0. The van der Waals surface area contributed by atoms with Crippen LogP contribution in [0.25, 0.3) is 98.4 Å². The standard InChI is InChI=1S/C41H38O2.C35H26O2.C31H24O2.C25H18O2/c1-3-5-7-27-9-19-39-37(21-27)38-22-28(8-6-4-2)10-20-40(38)41(39,33-15-11-31-25-35(42)17-13-29(31)23-33)34-16-12-32-26-36(43)18-14-30(32)24-34;1-21-3-13-33-31(15-21)32-16-22(2)4-14-34(32)35(33,27-9-5-25-19-29(36)11-7-23(25)17-27)28-10-6-26-20-30(37)12-8-24(26)18-28;1-19-3-13-29-27(15-19)28-16-20(2)4-14-30(28)31(29,23-8-11-25(32)12-9-23)24-7-5-22-18-26(33)10-6-21(22)17-24;26-19-9-5-7-17(15-19)25(18-8-6-10-20(27)16-18)23-13-3-1-11-21(23)22-12-2-4-14-24(22)25/h9-26,42-43H,3-8H2,1-2H3;3-20,36-37H,1-2H3;3-18,32-33H,1-2H3;1-16,26-27H. The van der Waals surface area contributed by atoms with Gasteiger partial charge in [0.05, 0.1) is 21.7 Å². The van der Waals surface area contributed by atoms with Gasteiger partial charge in [-0.1, -0.05) is 334 Å². The van der Waals surface area contributed by atoms with E-state index in [9.17, 15) is 40.9 Å². The molecule has 0 saturated carbocycles. The molecule has 0 saturated heterocycles. The van der Waals surface area contributed by atoms with Crippen LogP contribution in [0.15, 0.2) is 413 Å². The number of phenolic OH excluding ortho intramolecular Hbond substituents is 8. The van der Waals surface area contributed by atoms with Crippen molar-refractivity contribution in [1.82, 2.24) is 0 Å². The van der Waals surface area contributed by atoms with Gasteiger partial charge in [-0.05, 0) is 379 Å². The number of aryl methyl sites for hydroxylation is 6. The van der Waals surface area contributed by atoms with Crippen LogP contribution in [0.2, 0.25) is 0 Å². The molecule has 0 heterocycles. The summed E-state index contributed by atoms with van der Waals surface area (Å²) in [6, 6.07) is 142. The topological polar surface area (TPSA) is 162 Å². The van der Waals surface area contributed by atoms with E-state index < -0.39 is 21.7 Å². The molecule has 21 aromatic rings. The van der Waals surface area contributed by atoms with Crippen molar-refractivity contribution in [2.24, 2.45) is 0 Å². The molecule has 21 aromatic carbocycles. The largest absolute Gasteiger partial charge is 0.508 e. The number of phenols is 8. The Morgan fingerprint density at radius 3 is 0.671 bits per heavy atom. The summed E-state index contributed by atoms with van der Waals surface area (Å²) in [5.41, 5.74) is 34.7. The highest BCUT2D eigenvalue weighted by atomic mass is 16.3. The Bertz CT molecular complexity index is 8100. The second-order valence-corrected chi connectivity index (χ2v) is 38.6. The molecule has 0 radical (unpaired) electrons. The van der Waals surface area contributed by atoms with Gasteiger partial charge in [-0.25, -0.2) is 0 Å². The van der Waals surface area contributed by atoms with Gasteiger partial charge < -0.3 is 40.9 Å². The molecule has 8 N–H and O–H groups in total. The normalized spacial score (nSPS) is 13.6. The Hall–Kier alpha value is -16.7. The van der Waals surface area contributed by atoms with Crippen LogP contribution in [0, 0.1) is 27.7 Å². The fraction of sp³-hybridized carbons (Fsp3) is 0.121. The summed E-state index contributed by atoms with van der Waals surface area (Å²) in [6.07, 6.45) is 6.89. The van der Waals surface area contributed by atoms with E-state index in [1.54, 1.807) is 60.7 Å². The van der Waals surface area contributed by atoms with Gasteiger partial charge in [0.1, 0.15) is 46.0 Å². The lowest BCUT2D eigenvalue weighted by atomic mass is 9.67. The first-order valence-corrected chi connectivity index (χ1v) is 48.6. The van der Waals surface area contributed by atoms with Crippen LogP contribution in [0.1, 0.15) is 162 Å². The molecule has 0 bridgehead atoms. The predicted octanol–water partition coefficient (Wildman–Crippen LogP) is 31.5. The third-order valence-electron chi connectivity index (χ3n) is 29.9. The maximum atomic E-state index is 10.2. The monoisotopic (exact) mass is 1820 g/mol. The lowest BCUT2D eigenvalue weighted by Gasteiger charge is -2.34. The molecule has 0 aromatic heterocycles. The van der Waals surface area contributed by atoms with Crippen LogP contribution < -0.4 is 0 Å². The second kappa shape index (κ2) is 35.5. The highest BCUT2D eigenvalue weighted by Gasteiger charge is 2.51. The van der Waals surface area contributed by atoms with Gasteiger partial charge in [0.2, 0.25) is 0 Å². The highest BCUT2D eigenvalue weighted by molar-refractivity contribution is 5.98. The number of hydrogen-bond acceptors (Lipinski definition) is 8.